The lowest BCUT2D eigenvalue weighted by Crippen LogP contribution is -2.25. The van der Waals surface area contributed by atoms with Crippen molar-refractivity contribution in [3.8, 4) is 0 Å². The zero-order valence-electron chi connectivity index (χ0n) is 8.60. The second-order valence-corrected chi connectivity index (χ2v) is 3.49. The summed E-state index contributed by atoms with van der Waals surface area (Å²) in [5.74, 6) is 5.40. The number of hydrogen-bond donors (Lipinski definition) is 2. The highest BCUT2D eigenvalue weighted by molar-refractivity contribution is 5.85. The van der Waals surface area contributed by atoms with Crippen molar-refractivity contribution in [2.75, 3.05) is 0 Å². The van der Waals surface area contributed by atoms with E-state index in [1.807, 2.05) is 19.1 Å². The first-order chi connectivity index (χ1) is 6.81. The van der Waals surface area contributed by atoms with Gasteiger partial charge in [0.05, 0.1) is 0 Å². The predicted octanol–water partition coefficient (Wildman–Crippen LogP) is 2.79. The summed E-state index contributed by atoms with van der Waals surface area (Å²) in [5, 5.41) is 2.52. The van der Waals surface area contributed by atoms with Crippen LogP contribution in [0.25, 0.3) is 10.8 Å². The number of rotatable bonds is 2. The monoisotopic (exact) mass is 222 g/mol. The van der Waals surface area contributed by atoms with Gasteiger partial charge in [0.15, 0.2) is 0 Å². The van der Waals surface area contributed by atoms with E-state index in [0.717, 1.165) is 0 Å². The summed E-state index contributed by atoms with van der Waals surface area (Å²) in [5.41, 5.74) is 3.96. The van der Waals surface area contributed by atoms with Crippen molar-refractivity contribution in [3.63, 3.8) is 0 Å². The molecular weight excluding hydrogens is 208 g/mol. The minimum absolute atomic E-state index is 0. The Balaban J connectivity index is 0.00000112. The van der Waals surface area contributed by atoms with Crippen LogP contribution < -0.4 is 11.3 Å². The molecule has 15 heavy (non-hydrogen) atoms. The molecule has 1 atom stereocenters. The molecule has 0 radical (unpaired) electrons. The van der Waals surface area contributed by atoms with Crippen molar-refractivity contribution < 1.29 is 0 Å². The SMILES string of the molecule is CC(NN)c1ccc2ccccc2c1.Cl. The highest BCUT2D eigenvalue weighted by atomic mass is 35.5. The maximum absolute atomic E-state index is 5.40. The van der Waals surface area contributed by atoms with E-state index in [9.17, 15) is 0 Å². The number of hydrazine groups is 1. The zero-order chi connectivity index (χ0) is 9.97. The first kappa shape index (κ1) is 12.0. The molecule has 0 spiro atoms. The van der Waals surface area contributed by atoms with E-state index in [4.69, 9.17) is 5.84 Å². The van der Waals surface area contributed by atoms with Crippen LogP contribution in [0.3, 0.4) is 0 Å². The van der Waals surface area contributed by atoms with Crippen LogP contribution in [-0.2, 0) is 0 Å². The topological polar surface area (TPSA) is 38.0 Å². The Kier molecular flexibility index (Phi) is 4.09. The van der Waals surface area contributed by atoms with Gasteiger partial charge in [0.25, 0.3) is 0 Å². The molecule has 2 aromatic carbocycles. The van der Waals surface area contributed by atoms with Crippen LogP contribution >= 0.6 is 12.4 Å². The van der Waals surface area contributed by atoms with E-state index < -0.39 is 0 Å². The summed E-state index contributed by atoms with van der Waals surface area (Å²) in [7, 11) is 0. The Bertz CT molecular complexity index is 442. The summed E-state index contributed by atoms with van der Waals surface area (Å²) in [6, 6.07) is 14.9. The zero-order valence-corrected chi connectivity index (χ0v) is 9.42. The second-order valence-electron chi connectivity index (χ2n) is 3.49. The quantitative estimate of drug-likeness (QED) is 0.606. The van der Waals surface area contributed by atoms with Crippen LogP contribution in [0.4, 0.5) is 0 Å². The first-order valence-corrected chi connectivity index (χ1v) is 4.76. The van der Waals surface area contributed by atoms with Crippen LogP contribution in [-0.4, -0.2) is 0 Å². The molecule has 1 unspecified atom stereocenters. The smallest absolute Gasteiger partial charge is 0.0432 e. The maximum Gasteiger partial charge on any atom is 0.0432 e. The van der Waals surface area contributed by atoms with Crippen LogP contribution in [0.15, 0.2) is 42.5 Å². The Labute approximate surface area is 95.9 Å². The fourth-order valence-corrected chi connectivity index (χ4v) is 1.57. The molecule has 0 aliphatic carbocycles. The van der Waals surface area contributed by atoms with Crippen LogP contribution in [0.1, 0.15) is 18.5 Å². The summed E-state index contributed by atoms with van der Waals surface area (Å²) in [4.78, 5) is 0. The van der Waals surface area contributed by atoms with E-state index in [1.165, 1.54) is 16.3 Å². The molecule has 0 aromatic heterocycles. The Hall–Kier alpha value is -1.09. The van der Waals surface area contributed by atoms with Gasteiger partial charge in [0, 0.05) is 6.04 Å². The fourth-order valence-electron chi connectivity index (χ4n) is 1.57. The number of benzene rings is 2. The van der Waals surface area contributed by atoms with Crippen molar-refractivity contribution in [1.82, 2.24) is 5.43 Å². The molecule has 0 heterocycles. The van der Waals surface area contributed by atoms with Crippen molar-refractivity contribution in [2.24, 2.45) is 5.84 Å². The van der Waals surface area contributed by atoms with Gasteiger partial charge in [0.2, 0.25) is 0 Å². The van der Waals surface area contributed by atoms with Gasteiger partial charge in [-0.3, -0.25) is 11.3 Å². The summed E-state index contributed by atoms with van der Waals surface area (Å²) in [6.07, 6.45) is 0. The first-order valence-electron chi connectivity index (χ1n) is 4.76. The number of halogens is 1. The van der Waals surface area contributed by atoms with Crippen molar-refractivity contribution >= 4 is 23.2 Å². The molecule has 0 saturated heterocycles. The highest BCUT2D eigenvalue weighted by Gasteiger charge is 2.02. The molecule has 0 bridgehead atoms. The third-order valence-corrected chi connectivity index (χ3v) is 2.52. The van der Waals surface area contributed by atoms with Gasteiger partial charge in [-0.15, -0.1) is 12.4 Å². The average Bonchev–Trinajstić information content (AvgIpc) is 2.27. The lowest BCUT2D eigenvalue weighted by molar-refractivity contribution is 0.603. The van der Waals surface area contributed by atoms with E-state index >= 15 is 0 Å². The average molecular weight is 223 g/mol. The molecule has 3 N–H and O–H groups in total. The lowest BCUT2D eigenvalue weighted by Gasteiger charge is -2.10. The second kappa shape index (κ2) is 5.12. The molecular formula is C12H15ClN2. The van der Waals surface area contributed by atoms with Gasteiger partial charge in [0.1, 0.15) is 0 Å². The number of nitrogens with two attached hydrogens (primary N) is 1. The van der Waals surface area contributed by atoms with Crippen LogP contribution in [0.2, 0.25) is 0 Å². The van der Waals surface area contributed by atoms with Crippen LogP contribution in [0, 0.1) is 0 Å². The maximum atomic E-state index is 5.40. The largest absolute Gasteiger partial charge is 0.271 e. The Morgan fingerprint density at radius 2 is 1.73 bits per heavy atom. The summed E-state index contributed by atoms with van der Waals surface area (Å²) in [6.45, 7) is 2.05. The molecule has 3 heteroatoms. The van der Waals surface area contributed by atoms with Gasteiger partial charge in [-0.1, -0.05) is 36.4 Å². The number of nitrogens with one attached hydrogen (secondary N) is 1. The number of hydrogen-bond acceptors (Lipinski definition) is 2. The normalized spacial score (nSPS) is 12.1. The standard InChI is InChI=1S/C12H14N2.ClH/c1-9(14-13)11-7-6-10-4-2-3-5-12(10)8-11;/h2-9,14H,13H2,1H3;1H. The molecule has 0 fully saturated rings. The molecule has 0 amide bonds. The molecule has 0 aliphatic rings. The van der Waals surface area contributed by atoms with E-state index in [1.54, 1.807) is 0 Å². The lowest BCUT2D eigenvalue weighted by atomic mass is 10.0. The van der Waals surface area contributed by atoms with Gasteiger partial charge >= 0.3 is 0 Å². The van der Waals surface area contributed by atoms with E-state index in [-0.39, 0.29) is 18.4 Å². The molecule has 2 rings (SSSR count). The van der Waals surface area contributed by atoms with Gasteiger partial charge in [-0.05, 0) is 29.3 Å². The molecule has 2 aromatic rings. The third-order valence-electron chi connectivity index (χ3n) is 2.52. The molecule has 0 saturated carbocycles. The van der Waals surface area contributed by atoms with E-state index in [0.29, 0.717) is 0 Å². The van der Waals surface area contributed by atoms with Gasteiger partial charge < -0.3 is 0 Å². The number of fused-ring (bicyclic) bond motifs is 1. The summed E-state index contributed by atoms with van der Waals surface area (Å²) < 4.78 is 0. The van der Waals surface area contributed by atoms with Crippen LogP contribution in [0.5, 0.6) is 0 Å². The fraction of sp³-hybridized carbons (Fsp3) is 0.167. The van der Waals surface area contributed by atoms with E-state index in [2.05, 4.69) is 35.8 Å². The molecule has 80 valence electrons. The molecule has 2 nitrogen and oxygen atoms in total. The van der Waals surface area contributed by atoms with Crippen molar-refractivity contribution in [1.29, 1.82) is 0 Å². The predicted molar refractivity (Wildman–Crippen MR) is 66.9 cm³/mol. The molecule has 0 aliphatic heterocycles. The third kappa shape index (κ3) is 2.48. The van der Waals surface area contributed by atoms with Crippen molar-refractivity contribution in [2.45, 2.75) is 13.0 Å². The van der Waals surface area contributed by atoms with Gasteiger partial charge in [-0.2, -0.15) is 0 Å². The minimum Gasteiger partial charge on any atom is -0.271 e. The Morgan fingerprint density at radius 3 is 2.40 bits per heavy atom. The highest BCUT2D eigenvalue weighted by Crippen LogP contribution is 2.19. The Morgan fingerprint density at radius 1 is 1.07 bits per heavy atom. The summed E-state index contributed by atoms with van der Waals surface area (Å²) >= 11 is 0. The van der Waals surface area contributed by atoms with Gasteiger partial charge in [-0.25, -0.2) is 0 Å². The van der Waals surface area contributed by atoms with Crippen molar-refractivity contribution in [3.05, 3.63) is 48.0 Å². The minimum atomic E-state index is 0.